The van der Waals surface area contributed by atoms with Gasteiger partial charge in [-0.1, -0.05) is 15.9 Å². The zero-order valence-corrected chi connectivity index (χ0v) is 47.4. The van der Waals surface area contributed by atoms with Crippen LogP contribution in [0.1, 0.15) is 127 Å². The highest BCUT2D eigenvalue weighted by Gasteiger charge is 2.64. The third-order valence-electron chi connectivity index (χ3n) is 16.0. The Kier molecular flexibility index (Phi) is 14.3. The van der Waals surface area contributed by atoms with Crippen LogP contribution in [0.4, 0.5) is 0 Å². The molecule has 376 valence electrons. The molecule has 4 fully saturated rings. The van der Waals surface area contributed by atoms with Crippen molar-refractivity contribution in [2.45, 2.75) is 176 Å². The predicted octanol–water partition coefficient (Wildman–Crippen LogP) is 9.26. The van der Waals surface area contributed by atoms with Crippen molar-refractivity contribution in [2.75, 3.05) is 0 Å². The number of rotatable bonds is 3. The Morgan fingerprint density at radius 3 is 1.01 bits per heavy atom. The summed E-state index contributed by atoms with van der Waals surface area (Å²) in [4.78, 5) is 13.1. The van der Waals surface area contributed by atoms with E-state index in [1.807, 2.05) is 115 Å². The van der Waals surface area contributed by atoms with E-state index < -0.39 is 14.0 Å². The fourth-order valence-electron chi connectivity index (χ4n) is 8.29. The van der Waals surface area contributed by atoms with Gasteiger partial charge >= 0.3 is 28.3 Å². The lowest BCUT2D eigenvalue weighted by Gasteiger charge is -2.32. The summed E-state index contributed by atoms with van der Waals surface area (Å²) in [6.07, 6.45) is 5.49. The molecule has 4 aliphatic heterocycles. The first-order valence-corrected chi connectivity index (χ1v) is 25.1. The number of hydrogen-bond acceptors (Lipinski definition) is 11. The molecule has 0 atom stereocenters. The second-order valence-corrected chi connectivity index (χ2v) is 24.3. The molecule has 0 saturated carbocycles. The molecule has 7 heterocycles. The summed E-state index contributed by atoms with van der Waals surface area (Å²) in [5.41, 5.74) is 9.42. The van der Waals surface area contributed by atoms with E-state index in [0.717, 1.165) is 48.5 Å². The molecule has 0 N–H and O–H groups in total. The fraction of sp³-hybridized carbons (Fsp3) is 0.588. The number of benzene rings is 3. The van der Waals surface area contributed by atoms with E-state index >= 15 is 0 Å². The van der Waals surface area contributed by atoms with Gasteiger partial charge in [-0.05, 0) is 196 Å². The number of aryl methyl sites for hydroxylation is 6. The van der Waals surface area contributed by atoms with Gasteiger partial charge in [0.25, 0.3) is 0 Å². The molecular formula is C51H75B4BrN6O8. The van der Waals surface area contributed by atoms with Crippen LogP contribution in [0, 0.1) is 20.8 Å². The topological polar surface area (TPSA) is 127 Å². The van der Waals surface area contributed by atoms with Gasteiger partial charge in [0.15, 0.2) is 0 Å². The molecule has 4 saturated heterocycles. The zero-order chi connectivity index (χ0) is 52.1. The van der Waals surface area contributed by atoms with Gasteiger partial charge in [-0.25, -0.2) is 15.0 Å². The van der Waals surface area contributed by atoms with Gasteiger partial charge in [0, 0.05) is 25.6 Å². The molecule has 70 heavy (non-hydrogen) atoms. The van der Waals surface area contributed by atoms with Crippen LogP contribution < -0.4 is 10.9 Å². The first kappa shape index (κ1) is 54.3. The van der Waals surface area contributed by atoms with Crippen molar-refractivity contribution >= 4 is 88.2 Å². The average molecular weight is 1020 g/mol. The van der Waals surface area contributed by atoms with Crippen LogP contribution in [-0.2, 0) is 58.4 Å². The molecule has 10 rings (SSSR count). The van der Waals surface area contributed by atoms with Crippen molar-refractivity contribution in [2.24, 2.45) is 21.1 Å². The highest BCUT2D eigenvalue weighted by atomic mass is 79.9. The SMILES string of the molecule is CC1(C)OB(B2OC(C)(C)C(C)(C)O2)OC1(C)C.Cc1cc2c(cc1B1OC(C)(C)C(C)(C)O1)ncn2C.Cc1cc2c(cc1Br)ncn2C.Cc1cc2ncn(C)c2cc1B1OC(C)(C)C(C)(C)O1. The van der Waals surface area contributed by atoms with Gasteiger partial charge in [-0.15, -0.1) is 0 Å². The first-order valence-electron chi connectivity index (χ1n) is 24.3. The fourth-order valence-corrected chi connectivity index (χ4v) is 8.62. The van der Waals surface area contributed by atoms with Crippen molar-refractivity contribution in [1.82, 2.24) is 28.7 Å². The quantitative estimate of drug-likeness (QED) is 0.158. The lowest BCUT2D eigenvalue weighted by atomic mass is 9.49. The van der Waals surface area contributed by atoms with Crippen LogP contribution in [0.3, 0.4) is 0 Å². The molecular weight excluding hydrogens is 948 g/mol. The van der Waals surface area contributed by atoms with Crippen molar-refractivity contribution in [3.63, 3.8) is 0 Å². The van der Waals surface area contributed by atoms with Crippen molar-refractivity contribution in [3.05, 3.63) is 76.5 Å². The highest BCUT2D eigenvalue weighted by molar-refractivity contribution is 9.10. The second-order valence-electron chi connectivity index (χ2n) is 23.5. The molecule has 0 aliphatic carbocycles. The summed E-state index contributed by atoms with van der Waals surface area (Å²) in [5, 5.41) is 0. The maximum Gasteiger partial charge on any atom is 0.495 e. The van der Waals surface area contributed by atoms with Gasteiger partial charge in [-0.2, -0.15) is 0 Å². The van der Waals surface area contributed by atoms with E-state index in [2.05, 4.69) is 137 Å². The van der Waals surface area contributed by atoms with E-state index in [1.54, 1.807) is 0 Å². The predicted molar refractivity (Wildman–Crippen MR) is 288 cm³/mol. The van der Waals surface area contributed by atoms with Crippen LogP contribution >= 0.6 is 15.9 Å². The molecule has 0 spiro atoms. The number of fused-ring (bicyclic) bond motifs is 3. The van der Waals surface area contributed by atoms with Crippen molar-refractivity contribution < 1.29 is 37.2 Å². The van der Waals surface area contributed by atoms with Crippen LogP contribution in [0.5, 0.6) is 0 Å². The van der Waals surface area contributed by atoms with Crippen LogP contribution in [0.2, 0.25) is 0 Å². The van der Waals surface area contributed by atoms with Crippen LogP contribution in [0.25, 0.3) is 33.1 Å². The largest absolute Gasteiger partial charge is 0.495 e. The summed E-state index contributed by atoms with van der Waals surface area (Å²) >= 11 is 3.48. The van der Waals surface area contributed by atoms with Crippen LogP contribution in [-0.4, -0.2) is 102 Å². The Hall–Kier alpha value is -3.51. The van der Waals surface area contributed by atoms with Gasteiger partial charge in [0.2, 0.25) is 0 Å². The van der Waals surface area contributed by atoms with Gasteiger partial charge in [0.1, 0.15) is 0 Å². The summed E-state index contributed by atoms with van der Waals surface area (Å²) < 4.78 is 55.6. The standard InChI is InChI=1S/2C15H21BN2O2.C12H24B2O4.C9H9BrN2/c1-10-7-13-12(17-9-18(13)6)8-11(10)16-19-14(2,3)15(4,5)20-16;1-10-7-12-13(18(6)9-17-12)8-11(10)16-19-14(2,3)15(4,5)20-16;1-9(2)10(3,4)16-13(15-9)14-17-11(5,6)12(7,8)18-14;1-6-3-9-8(4-7(6)10)11-5-12(9)2/h2*7-9H,1-6H3;1-8H3;3-5H,1-2H3. The Morgan fingerprint density at radius 2 is 0.643 bits per heavy atom. The molecule has 0 radical (unpaired) electrons. The smallest absolute Gasteiger partial charge is 0.405 e. The zero-order valence-electron chi connectivity index (χ0n) is 45.8. The third-order valence-corrected chi connectivity index (χ3v) is 16.9. The monoisotopic (exact) mass is 1020 g/mol. The molecule has 3 aromatic heterocycles. The Balaban J connectivity index is 0.000000140. The summed E-state index contributed by atoms with van der Waals surface area (Å²) in [6, 6.07) is 12.6. The lowest BCUT2D eigenvalue weighted by Crippen LogP contribution is -2.41. The van der Waals surface area contributed by atoms with Gasteiger partial charge in [-0.3, -0.25) is 0 Å². The van der Waals surface area contributed by atoms with E-state index in [9.17, 15) is 0 Å². The number of nitrogens with zero attached hydrogens (tertiary/aromatic N) is 6. The van der Waals surface area contributed by atoms with Crippen molar-refractivity contribution in [3.8, 4) is 0 Å². The molecule has 14 nitrogen and oxygen atoms in total. The minimum Gasteiger partial charge on any atom is -0.405 e. The van der Waals surface area contributed by atoms with E-state index in [0.29, 0.717) is 0 Å². The van der Waals surface area contributed by atoms with Gasteiger partial charge in [0.05, 0.1) is 96.9 Å². The number of aromatic nitrogens is 6. The summed E-state index contributed by atoms with van der Waals surface area (Å²) in [7, 11) is 4.41. The third kappa shape index (κ3) is 10.2. The highest BCUT2D eigenvalue weighted by Crippen LogP contribution is 2.43. The second kappa shape index (κ2) is 18.5. The molecule has 0 amide bonds. The van der Waals surface area contributed by atoms with Crippen molar-refractivity contribution in [1.29, 1.82) is 0 Å². The Labute approximate surface area is 426 Å². The minimum atomic E-state index is -0.476. The summed E-state index contributed by atoms with van der Waals surface area (Å²) in [5.74, 6) is 0. The molecule has 3 aromatic carbocycles. The number of halogens is 1. The molecule has 0 unspecified atom stereocenters. The Morgan fingerprint density at radius 1 is 0.371 bits per heavy atom. The minimum absolute atomic E-state index is 0.314. The van der Waals surface area contributed by atoms with Crippen LogP contribution in [0.15, 0.2) is 59.9 Å². The normalized spacial score (nSPS) is 22.0. The molecule has 0 bridgehead atoms. The number of hydrogen-bond donors (Lipinski definition) is 0. The molecule has 19 heteroatoms. The lowest BCUT2D eigenvalue weighted by molar-refractivity contribution is 0.00578. The van der Waals surface area contributed by atoms with E-state index in [1.165, 1.54) is 16.6 Å². The van der Waals surface area contributed by atoms with Gasteiger partial charge < -0.3 is 50.9 Å². The van der Waals surface area contributed by atoms with E-state index in [4.69, 9.17) is 37.2 Å². The molecule has 4 aliphatic rings. The Bertz CT molecular complexity index is 2810. The summed E-state index contributed by atoms with van der Waals surface area (Å²) in [6.45, 7) is 39.0. The molecule has 6 aromatic rings. The first-order chi connectivity index (χ1) is 32.0. The van der Waals surface area contributed by atoms with E-state index in [-0.39, 0.29) is 59.0 Å². The average Bonchev–Trinajstić information content (AvgIpc) is 4.05. The number of imidazole rings is 3. The maximum atomic E-state index is 6.14. The maximum absolute atomic E-state index is 6.14.